The van der Waals surface area contributed by atoms with Crippen molar-refractivity contribution in [1.82, 2.24) is 0 Å². The van der Waals surface area contributed by atoms with Gasteiger partial charge in [0.2, 0.25) is 0 Å². The second-order valence-corrected chi connectivity index (χ2v) is 5.11. The van der Waals surface area contributed by atoms with Gasteiger partial charge in [-0.15, -0.1) is 6.42 Å². The molecule has 3 rings (SSSR count). The molecule has 0 aliphatic carbocycles. The topological polar surface area (TPSA) is 48.1 Å². The Morgan fingerprint density at radius 2 is 2.09 bits per heavy atom. The van der Waals surface area contributed by atoms with E-state index < -0.39 is 6.10 Å². The normalized spacial score (nSPS) is 18.8. The molecule has 1 fully saturated rings. The van der Waals surface area contributed by atoms with E-state index in [1.165, 1.54) is 0 Å². The van der Waals surface area contributed by atoms with Crippen LogP contribution in [-0.4, -0.2) is 25.6 Å². The Morgan fingerprint density at radius 1 is 1.26 bits per heavy atom. The summed E-state index contributed by atoms with van der Waals surface area (Å²) in [6.45, 7) is 0.120. The zero-order valence-corrected chi connectivity index (χ0v) is 12.7. The molecular formula is C19H16O4. The summed E-state index contributed by atoms with van der Waals surface area (Å²) in [5.74, 6) is 3.51. The van der Waals surface area contributed by atoms with Crippen molar-refractivity contribution in [2.24, 2.45) is 0 Å². The number of hydrogen-bond donors (Lipinski definition) is 0. The minimum atomic E-state index is -0.502. The van der Waals surface area contributed by atoms with Gasteiger partial charge in [-0.05, 0) is 29.8 Å². The van der Waals surface area contributed by atoms with Gasteiger partial charge in [0.15, 0.2) is 11.9 Å². The number of para-hydroxylation sites is 1. The lowest BCUT2D eigenvalue weighted by Crippen LogP contribution is -2.11. The smallest absolute Gasteiger partial charge is 0.198 e. The maximum absolute atomic E-state index is 12.6. The van der Waals surface area contributed by atoms with Crippen LogP contribution in [0, 0.1) is 12.3 Å². The molecule has 2 unspecified atom stereocenters. The molecule has 4 nitrogen and oxygen atoms in total. The molecule has 0 amide bonds. The van der Waals surface area contributed by atoms with E-state index in [0.717, 1.165) is 11.3 Å². The molecule has 0 aromatic heterocycles. The Bertz CT molecular complexity index is 760. The molecule has 2 aromatic carbocycles. The summed E-state index contributed by atoms with van der Waals surface area (Å²) in [5, 5.41) is 0. The van der Waals surface area contributed by atoms with Crippen molar-refractivity contribution >= 4 is 5.78 Å². The van der Waals surface area contributed by atoms with E-state index >= 15 is 0 Å². The molecule has 0 spiro atoms. The van der Waals surface area contributed by atoms with Crippen molar-refractivity contribution in [1.29, 1.82) is 0 Å². The highest BCUT2D eigenvalue weighted by Crippen LogP contribution is 2.42. The van der Waals surface area contributed by atoms with Crippen LogP contribution in [0.2, 0.25) is 0 Å². The van der Waals surface area contributed by atoms with Crippen LogP contribution < -0.4 is 9.47 Å². The number of terminal acetylenes is 1. The highest BCUT2D eigenvalue weighted by atomic mass is 16.6. The zero-order chi connectivity index (χ0) is 16.2. The fourth-order valence-electron chi connectivity index (χ4n) is 2.45. The van der Waals surface area contributed by atoms with Crippen molar-refractivity contribution in [2.45, 2.75) is 12.2 Å². The van der Waals surface area contributed by atoms with E-state index in [1.807, 2.05) is 24.3 Å². The van der Waals surface area contributed by atoms with Crippen molar-refractivity contribution in [3.8, 4) is 23.8 Å². The fraction of sp³-hybridized carbons (Fsp3) is 0.211. The Morgan fingerprint density at radius 3 is 2.87 bits per heavy atom. The van der Waals surface area contributed by atoms with Gasteiger partial charge in [0, 0.05) is 0 Å². The van der Waals surface area contributed by atoms with Gasteiger partial charge >= 0.3 is 0 Å². The first-order chi connectivity index (χ1) is 11.2. The predicted octanol–water partition coefficient (Wildman–Crippen LogP) is 3.03. The minimum absolute atomic E-state index is 0.106. The fourth-order valence-corrected chi connectivity index (χ4v) is 2.45. The number of ether oxygens (including phenoxy) is 3. The van der Waals surface area contributed by atoms with E-state index in [0.29, 0.717) is 11.3 Å². The molecule has 0 saturated carbocycles. The highest BCUT2D eigenvalue weighted by molar-refractivity contribution is 6.03. The summed E-state index contributed by atoms with van der Waals surface area (Å²) in [6.07, 6.45) is 4.45. The van der Waals surface area contributed by atoms with Gasteiger partial charge in [0.05, 0.1) is 12.7 Å². The van der Waals surface area contributed by atoms with Gasteiger partial charge in [-0.25, -0.2) is 0 Å². The third-order valence-corrected chi connectivity index (χ3v) is 3.64. The largest absolute Gasteiger partial charge is 0.497 e. The molecular weight excluding hydrogens is 292 g/mol. The van der Waals surface area contributed by atoms with Crippen molar-refractivity contribution < 1.29 is 19.0 Å². The number of carbonyl (C=O) groups is 1. The number of ketones is 1. The van der Waals surface area contributed by atoms with E-state index in [4.69, 9.17) is 20.6 Å². The number of methoxy groups -OCH3 is 1. The molecule has 1 saturated heterocycles. The van der Waals surface area contributed by atoms with Crippen molar-refractivity contribution in [3.05, 3.63) is 59.7 Å². The second-order valence-electron chi connectivity index (χ2n) is 5.11. The van der Waals surface area contributed by atoms with Gasteiger partial charge in [-0.2, -0.15) is 0 Å². The predicted molar refractivity (Wildman–Crippen MR) is 85.7 cm³/mol. The van der Waals surface area contributed by atoms with Crippen LogP contribution in [0.5, 0.6) is 11.5 Å². The molecule has 4 heteroatoms. The summed E-state index contributed by atoms with van der Waals surface area (Å²) in [6, 6.07) is 14.6. The molecule has 1 aliphatic heterocycles. The molecule has 1 heterocycles. The van der Waals surface area contributed by atoms with Gasteiger partial charge in [-0.3, -0.25) is 4.79 Å². The van der Waals surface area contributed by atoms with Crippen LogP contribution in [0.1, 0.15) is 22.0 Å². The summed E-state index contributed by atoms with van der Waals surface area (Å²) in [7, 11) is 1.61. The zero-order valence-electron chi connectivity index (χ0n) is 12.7. The average molecular weight is 308 g/mol. The van der Waals surface area contributed by atoms with E-state index in [1.54, 1.807) is 31.4 Å². The third-order valence-electron chi connectivity index (χ3n) is 3.64. The molecule has 0 bridgehead atoms. The summed E-state index contributed by atoms with van der Waals surface area (Å²) < 4.78 is 16.2. The van der Waals surface area contributed by atoms with Gasteiger partial charge < -0.3 is 14.2 Å². The van der Waals surface area contributed by atoms with Crippen LogP contribution in [0.25, 0.3) is 0 Å². The lowest BCUT2D eigenvalue weighted by Gasteiger charge is -2.07. The first-order valence-electron chi connectivity index (χ1n) is 7.23. The molecule has 23 heavy (non-hydrogen) atoms. The Labute approximate surface area is 135 Å². The summed E-state index contributed by atoms with van der Waals surface area (Å²) in [5.41, 5.74) is 1.41. The summed E-state index contributed by atoms with van der Waals surface area (Å²) in [4.78, 5) is 12.6. The minimum Gasteiger partial charge on any atom is -0.497 e. The van der Waals surface area contributed by atoms with E-state index in [9.17, 15) is 4.79 Å². The standard InChI is InChI=1S/C19H16O4/c1-3-11-22-16-10-5-4-9-15(16)17(20)19-18(23-19)13-7-6-8-14(12-13)21-2/h1,4-10,12,18-19H,11H2,2H3. The maximum Gasteiger partial charge on any atom is 0.198 e. The number of carbonyl (C=O) groups excluding carboxylic acids is 1. The highest BCUT2D eigenvalue weighted by Gasteiger charge is 2.47. The van der Waals surface area contributed by atoms with Crippen molar-refractivity contribution in [3.63, 3.8) is 0 Å². The molecule has 1 aliphatic rings. The number of Topliss-reactive ketones (excluding diaryl/α,β-unsaturated/α-hetero) is 1. The lowest BCUT2D eigenvalue weighted by molar-refractivity contribution is 0.0950. The van der Waals surface area contributed by atoms with Crippen LogP contribution in [0.3, 0.4) is 0 Å². The second kappa shape index (κ2) is 6.55. The quantitative estimate of drug-likeness (QED) is 0.467. The number of hydrogen-bond acceptors (Lipinski definition) is 4. The molecule has 116 valence electrons. The first-order valence-corrected chi connectivity index (χ1v) is 7.23. The van der Waals surface area contributed by atoms with Crippen LogP contribution in [-0.2, 0) is 4.74 Å². The Hall–Kier alpha value is -2.77. The first kappa shape index (κ1) is 15.1. The molecule has 2 aromatic rings. The lowest BCUT2D eigenvalue weighted by atomic mass is 10.0. The van der Waals surface area contributed by atoms with E-state index in [-0.39, 0.29) is 18.5 Å². The summed E-state index contributed by atoms with van der Waals surface area (Å²) >= 11 is 0. The van der Waals surface area contributed by atoms with Gasteiger partial charge in [0.1, 0.15) is 24.2 Å². The number of rotatable bonds is 6. The molecule has 2 atom stereocenters. The molecule has 0 N–H and O–H groups in total. The number of epoxide rings is 1. The molecule has 0 radical (unpaired) electrons. The Balaban J connectivity index is 1.77. The Kier molecular flexibility index (Phi) is 4.31. The third kappa shape index (κ3) is 3.20. The SMILES string of the molecule is C#CCOc1ccccc1C(=O)C1OC1c1cccc(OC)c1. The number of benzene rings is 2. The van der Waals surface area contributed by atoms with Crippen LogP contribution in [0.15, 0.2) is 48.5 Å². The average Bonchev–Trinajstić information content (AvgIpc) is 3.40. The van der Waals surface area contributed by atoms with E-state index in [2.05, 4.69) is 5.92 Å². The van der Waals surface area contributed by atoms with Gasteiger partial charge in [-0.1, -0.05) is 30.2 Å². The van der Waals surface area contributed by atoms with Crippen LogP contribution in [0.4, 0.5) is 0 Å². The van der Waals surface area contributed by atoms with Gasteiger partial charge in [0.25, 0.3) is 0 Å². The van der Waals surface area contributed by atoms with Crippen molar-refractivity contribution in [2.75, 3.05) is 13.7 Å². The maximum atomic E-state index is 12.6. The van der Waals surface area contributed by atoms with Crippen LogP contribution >= 0.6 is 0 Å². The monoisotopic (exact) mass is 308 g/mol.